The SMILES string of the molecule is CC(C)CN(C(=O)Cn1ccnc1)c1c(N)n(Cc2ccccc2)c(=O)[nH]c1=O. The van der Waals surface area contributed by atoms with Crippen molar-refractivity contribution in [1.29, 1.82) is 0 Å². The van der Waals surface area contributed by atoms with Crippen LogP contribution >= 0.6 is 0 Å². The van der Waals surface area contributed by atoms with Gasteiger partial charge in [-0.15, -0.1) is 0 Å². The Morgan fingerprint density at radius 1 is 1.24 bits per heavy atom. The van der Waals surface area contributed by atoms with E-state index in [9.17, 15) is 14.4 Å². The van der Waals surface area contributed by atoms with Gasteiger partial charge in [0, 0.05) is 18.9 Å². The van der Waals surface area contributed by atoms with Crippen LogP contribution in [0.1, 0.15) is 19.4 Å². The number of carbonyl (C=O) groups is 1. The van der Waals surface area contributed by atoms with E-state index in [0.717, 1.165) is 5.56 Å². The number of hydrogen-bond acceptors (Lipinski definition) is 5. The lowest BCUT2D eigenvalue weighted by molar-refractivity contribution is -0.119. The minimum atomic E-state index is -0.684. The van der Waals surface area contributed by atoms with Gasteiger partial charge in [0.05, 0.1) is 12.9 Å². The van der Waals surface area contributed by atoms with Gasteiger partial charge in [-0.1, -0.05) is 44.2 Å². The summed E-state index contributed by atoms with van der Waals surface area (Å²) in [7, 11) is 0. The van der Waals surface area contributed by atoms with E-state index in [1.807, 2.05) is 44.2 Å². The van der Waals surface area contributed by atoms with E-state index in [0.29, 0.717) is 0 Å². The summed E-state index contributed by atoms with van der Waals surface area (Å²) < 4.78 is 2.88. The Morgan fingerprint density at radius 2 is 1.97 bits per heavy atom. The van der Waals surface area contributed by atoms with Crippen molar-refractivity contribution in [2.75, 3.05) is 17.2 Å². The molecule has 3 rings (SSSR count). The van der Waals surface area contributed by atoms with E-state index >= 15 is 0 Å². The number of nitrogens with one attached hydrogen (secondary N) is 1. The Bertz CT molecular complexity index is 1080. The van der Waals surface area contributed by atoms with Crippen molar-refractivity contribution in [2.45, 2.75) is 26.9 Å². The lowest BCUT2D eigenvalue weighted by atomic mass is 10.2. The first-order chi connectivity index (χ1) is 13.9. The normalized spacial score (nSPS) is 11.0. The molecule has 0 bridgehead atoms. The number of nitrogens with two attached hydrogens (primary N) is 1. The second-order valence-corrected chi connectivity index (χ2v) is 7.20. The van der Waals surface area contributed by atoms with Crippen LogP contribution in [-0.4, -0.2) is 31.6 Å². The van der Waals surface area contributed by atoms with Crippen molar-refractivity contribution >= 4 is 17.4 Å². The zero-order valence-corrected chi connectivity index (χ0v) is 16.4. The molecule has 152 valence electrons. The summed E-state index contributed by atoms with van der Waals surface area (Å²) >= 11 is 0. The lowest BCUT2D eigenvalue weighted by Gasteiger charge is -2.26. The number of benzene rings is 1. The number of aromatic nitrogens is 4. The third-order valence-electron chi connectivity index (χ3n) is 4.39. The molecule has 1 aromatic carbocycles. The first-order valence-corrected chi connectivity index (χ1v) is 9.29. The van der Waals surface area contributed by atoms with Gasteiger partial charge < -0.3 is 15.2 Å². The fourth-order valence-electron chi connectivity index (χ4n) is 3.07. The molecule has 0 aliphatic carbocycles. The van der Waals surface area contributed by atoms with Gasteiger partial charge in [-0.25, -0.2) is 9.78 Å². The molecule has 0 radical (unpaired) electrons. The van der Waals surface area contributed by atoms with Crippen molar-refractivity contribution in [3.8, 4) is 0 Å². The molecular weight excluding hydrogens is 372 g/mol. The minimum absolute atomic E-state index is 0.00338. The highest BCUT2D eigenvalue weighted by molar-refractivity contribution is 5.95. The van der Waals surface area contributed by atoms with Crippen LogP contribution in [0, 0.1) is 5.92 Å². The summed E-state index contributed by atoms with van der Waals surface area (Å²) in [5.41, 5.74) is 5.78. The lowest BCUT2D eigenvalue weighted by Crippen LogP contribution is -2.43. The zero-order valence-electron chi connectivity index (χ0n) is 16.4. The van der Waals surface area contributed by atoms with E-state index in [1.165, 1.54) is 15.8 Å². The van der Waals surface area contributed by atoms with Crippen molar-refractivity contribution in [2.24, 2.45) is 5.92 Å². The summed E-state index contributed by atoms with van der Waals surface area (Å²) in [6, 6.07) is 9.28. The van der Waals surface area contributed by atoms with Gasteiger partial charge in [0.15, 0.2) is 5.69 Å². The number of H-pyrrole nitrogens is 1. The average molecular weight is 396 g/mol. The first-order valence-electron chi connectivity index (χ1n) is 9.29. The predicted octanol–water partition coefficient (Wildman–Crippen LogP) is 1.05. The van der Waals surface area contributed by atoms with Gasteiger partial charge in [-0.3, -0.25) is 19.1 Å². The molecule has 9 nitrogen and oxygen atoms in total. The molecule has 0 fully saturated rings. The standard InChI is InChI=1S/C20H24N6O3/c1-14(2)10-25(16(27)12-24-9-8-22-13-24)17-18(21)26(20(29)23-19(17)28)11-15-6-4-3-5-7-15/h3-9,13-14H,10-12,21H2,1-2H3,(H,23,28,29). The molecule has 0 aliphatic heterocycles. The van der Waals surface area contributed by atoms with Gasteiger partial charge in [0.25, 0.3) is 5.56 Å². The molecule has 0 aliphatic rings. The van der Waals surface area contributed by atoms with E-state index in [2.05, 4.69) is 9.97 Å². The Morgan fingerprint density at radius 3 is 2.59 bits per heavy atom. The highest BCUT2D eigenvalue weighted by Crippen LogP contribution is 2.19. The van der Waals surface area contributed by atoms with E-state index in [1.54, 1.807) is 17.0 Å². The van der Waals surface area contributed by atoms with Gasteiger partial charge in [-0.2, -0.15) is 0 Å². The smallest absolute Gasteiger partial charge is 0.330 e. The number of aromatic amines is 1. The number of amides is 1. The summed E-state index contributed by atoms with van der Waals surface area (Å²) in [5.74, 6) is -0.281. The zero-order chi connectivity index (χ0) is 21.0. The molecule has 2 aromatic heterocycles. The molecule has 0 atom stereocenters. The maximum Gasteiger partial charge on any atom is 0.330 e. The van der Waals surface area contributed by atoms with Gasteiger partial charge >= 0.3 is 5.69 Å². The summed E-state index contributed by atoms with van der Waals surface area (Å²) in [4.78, 5) is 45.6. The first kappa shape index (κ1) is 20.1. The summed E-state index contributed by atoms with van der Waals surface area (Å²) in [5, 5.41) is 0. The molecule has 29 heavy (non-hydrogen) atoms. The van der Waals surface area contributed by atoms with Crippen LogP contribution in [0.25, 0.3) is 0 Å². The van der Waals surface area contributed by atoms with Crippen molar-refractivity contribution in [1.82, 2.24) is 19.1 Å². The maximum absolute atomic E-state index is 13.0. The molecule has 0 saturated carbocycles. The molecule has 1 amide bonds. The molecule has 0 unspecified atom stereocenters. The molecule has 2 heterocycles. The summed E-state index contributed by atoms with van der Waals surface area (Å²) in [6.45, 7) is 4.33. The summed E-state index contributed by atoms with van der Waals surface area (Å²) in [6.07, 6.45) is 4.76. The van der Waals surface area contributed by atoms with Crippen LogP contribution < -0.4 is 21.9 Å². The second kappa shape index (κ2) is 8.59. The quantitative estimate of drug-likeness (QED) is 0.619. The molecule has 9 heteroatoms. The Hall–Kier alpha value is -3.62. The monoisotopic (exact) mass is 396 g/mol. The minimum Gasteiger partial charge on any atom is -0.383 e. The third kappa shape index (κ3) is 4.63. The predicted molar refractivity (Wildman–Crippen MR) is 111 cm³/mol. The van der Waals surface area contributed by atoms with Crippen LogP contribution in [0.4, 0.5) is 11.5 Å². The maximum atomic E-state index is 13.0. The van der Waals surface area contributed by atoms with Crippen LogP contribution in [0.5, 0.6) is 0 Å². The number of rotatable bonds is 7. The number of anilines is 2. The van der Waals surface area contributed by atoms with Crippen LogP contribution in [0.15, 0.2) is 58.6 Å². The van der Waals surface area contributed by atoms with Gasteiger partial charge in [0.1, 0.15) is 12.4 Å². The highest BCUT2D eigenvalue weighted by atomic mass is 16.2. The van der Waals surface area contributed by atoms with Gasteiger partial charge in [0.2, 0.25) is 5.91 Å². The molecule has 0 spiro atoms. The molecular formula is C20H24N6O3. The third-order valence-corrected chi connectivity index (χ3v) is 4.39. The number of carbonyl (C=O) groups excluding carboxylic acids is 1. The fraction of sp³-hybridized carbons (Fsp3) is 0.300. The molecule has 3 N–H and O–H groups in total. The van der Waals surface area contributed by atoms with Crippen LogP contribution in [-0.2, 0) is 17.9 Å². The van der Waals surface area contributed by atoms with E-state index in [-0.39, 0.29) is 43.0 Å². The van der Waals surface area contributed by atoms with E-state index < -0.39 is 11.2 Å². The van der Waals surface area contributed by atoms with Crippen LogP contribution in [0.2, 0.25) is 0 Å². The van der Waals surface area contributed by atoms with Crippen molar-refractivity contribution < 1.29 is 4.79 Å². The Kier molecular flexibility index (Phi) is 5.96. The Labute approximate surface area is 167 Å². The Balaban J connectivity index is 2.04. The number of nitrogen functional groups attached to an aromatic ring is 1. The highest BCUT2D eigenvalue weighted by Gasteiger charge is 2.25. The van der Waals surface area contributed by atoms with Crippen molar-refractivity contribution in [3.05, 3.63) is 75.5 Å². The number of imidazole rings is 1. The topological polar surface area (TPSA) is 119 Å². The van der Waals surface area contributed by atoms with Crippen molar-refractivity contribution in [3.63, 3.8) is 0 Å². The molecule has 3 aromatic rings. The second-order valence-electron chi connectivity index (χ2n) is 7.20. The largest absolute Gasteiger partial charge is 0.383 e. The van der Waals surface area contributed by atoms with Crippen LogP contribution in [0.3, 0.4) is 0 Å². The average Bonchev–Trinajstić information content (AvgIpc) is 3.17. The fourth-order valence-corrected chi connectivity index (χ4v) is 3.07. The number of nitrogens with zero attached hydrogens (tertiary/aromatic N) is 4. The molecule has 0 saturated heterocycles. The van der Waals surface area contributed by atoms with E-state index in [4.69, 9.17) is 5.73 Å². The number of hydrogen-bond donors (Lipinski definition) is 2. The van der Waals surface area contributed by atoms with Gasteiger partial charge in [-0.05, 0) is 11.5 Å².